The summed E-state index contributed by atoms with van der Waals surface area (Å²) in [5, 5.41) is 3.58. The van der Waals surface area contributed by atoms with Gasteiger partial charge in [0.25, 0.3) is 0 Å². The predicted molar refractivity (Wildman–Crippen MR) is 58.7 cm³/mol. The molecule has 0 spiro atoms. The standard InChI is InChI=1S/C11H14BrN/c1-8(13-11-5-6-11)9-3-2-4-10(12)7-9/h2-4,7-8,11,13H,5-6H2,1H3/t8-/m1/s1. The van der Waals surface area contributed by atoms with E-state index in [-0.39, 0.29) is 0 Å². The van der Waals surface area contributed by atoms with Crippen molar-refractivity contribution < 1.29 is 0 Å². The monoisotopic (exact) mass is 239 g/mol. The van der Waals surface area contributed by atoms with Crippen molar-refractivity contribution in [3.63, 3.8) is 0 Å². The second kappa shape index (κ2) is 3.81. The number of hydrogen-bond acceptors (Lipinski definition) is 1. The fraction of sp³-hybridized carbons (Fsp3) is 0.455. The molecule has 2 heteroatoms. The van der Waals surface area contributed by atoms with Gasteiger partial charge in [0.1, 0.15) is 0 Å². The predicted octanol–water partition coefficient (Wildman–Crippen LogP) is 3.26. The summed E-state index contributed by atoms with van der Waals surface area (Å²) >= 11 is 3.48. The van der Waals surface area contributed by atoms with Crippen molar-refractivity contribution in [1.29, 1.82) is 0 Å². The number of halogens is 1. The second-order valence-electron chi connectivity index (χ2n) is 3.72. The van der Waals surface area contributed by atoms with Crippen molar-refractivity contribution >= 4 is 15.9 Å². The van der Waals surface area contributed by atoms with E-state index < -0.39 is 0 Å². The average Bonchev–Trinajstić information content (AvgIpc) is 2.88. The van der Waals surface area contributed by atoms with Gasteiger partial charge in [0, 0.05) is 16.6 Å². The minimum Gasteiger partial charge on any atom is -0.307 e. The molecule has 0 aromatic heterocycles. The van der Waals surface area contributed by atoms with Crippen LogP contribution in [0.1, 0.15) is 31.4 Å². The highest BCUT2D eigenvalue weighted by atomic mass is 79.9. The highest BCUT2D eigenvalue weighted by Crippen LogP contribution is 2.25. The van der Waals surface area contributed by atoms with Gasteiger partial charge in [0.05, 0.1) is 0 Å². The number of rotatable bonds is 3. The molecule has 1 aromatic rings. The maximum Gasteiger partial charge on any atom is 0.0294 e. The third kappa shape index (κ3) is 2.55. The smallest absolute Gasteiger partial charge is 0.0294 e. The maximum absolute atomic E-state index is 3.58. The Morgan fingerprint density at radius 2 is 2.23 bits per heavy atom. The van der Waals surface area contributed by atoms with Crippen molar-refractivity contribution in [2.45, 2.75) is 31.8 Å². The van der Waals surface area contributed by atoms with Crippen LogP contribution in [0.15, 0.2) is 28.7 Å². The summed E-state index contributed by atoms with van der Waals surface area (Å²) in [5.41, 5.74) is 1.36. The highest BCUT2D eigenvalue weighted by molar-refractivity contribution is 9.10. The van der Waals surface area contributed by atoms with Gasteiger partial charge in [-0.15, -0.1) is 0 Å². The lowest BCUT2D eigenvalue weighted by Gasteiger charge is -2.13. The summed E-state index contributed by atoms with van der Waals surface area (Å²) in [6.07, 6.45) is 2.69. The van der Waals surface area contributed by atoms with Gasteiger partial charge in [-0.3, -0.25) is 0 Å². The van der Waals surface area contributed by atoms with Gasteiger partial charge in [-0.05, 0) is 37.5 Å². The summed E-state index contributed by atoms with van der Waals surface area (Å²) in [7, 11) is 0. The summed E-state index contributed by atoms with van der Waals surface area (Å²) in [5.74, 6) is 0. The normalized spacial score (nSPS) is 18.6. The summed E-state index contributed by atoms with van der Waals surface area (Å²) in [6.45, 7) is 2.22. The van der Waals surface area contributed by atoms with Crippen molar-refractivity contribution in [1.82, 2.24) is 5.32 Å². The first-order valence-corrected chi connectivity index (χ1v) is 5.56. The van der Waals surface area contributed by atoms with E-state index in [1.165, 1.54) is 18.4 Å². The summed E-state index contributed by atoms with van der Waals surface area (Å²) in [4.78, 5) is 0. The van der Waals surface area contributed by atoms with Crippen molar-refractivity contribution in [2.75, 3.05) is 0 Å². The molecule has 0 amide bonds. The lowest BCUT2D eigenvalue weighted by atomic mass is 10.1. The number of benzene rings is 1. The molecule has 13 heavy (non-hydrogen) atoms. The Morgan fingerprint density at radius 3 is 2.85 bits per heavy atom. The molecule has 0 heterocycles. The van der Waals surface area contributed by atoms with Gasteiger partial charge in [-0.25, -0.2) is 0 Å². The fourth-order valence-corrected chi connectivity index (χ4v) is 1.89. The van der Waals surface area contributed by atoms with Crippen LogP contribution < -0.4 is 5.32 Å². The number of nitrogens with one attached hydrogen (secondary N) is 1. The molecule has 0 radical (unpaired) electrons. The Morgan fingerprint density at radius 1 is 1.46 bits per heavy atom. The molecule has 1 fully saturated rings. The van der Waals surface area contributed by atoms with Crippen LogP contribution in [0.25, 0.3) is 0 Å². The molecule has 0 bridgehead atoms. The fourth-order valence-electron chi connectivity index (χ4n) is 1.48. The van der Waals surface area contributed by atoms with Crippen LogP contribution in [0.5, 0.6) is 0 Å². The van der Waals surface area contributed by atoms with E-state index in [4.69, 9.17) is 0 Å². The highest BCUT2D eigenvalue weighted by Gasteiger charge is 2.23. The molecule has 1 aromatic carbocycles. The largest absolute Gasteiger partial charge is 0.307 e. The van der Waals surface area contributed by atoms with E-state index in [2.05, 4.69) is 52.4 Å². The molecular weight excluding hydrogens is 226 g/mol. The molecule has 1 nitrogen and oxygen atoms in total. The Kier molecular flexibility index (Phi) is 2.70. The molecule has 0 unspecified atom stereocenters. The van der Waals surface area contributed by atoms with E-state index in [0.717, 1.165) is 10.5 Å². The van der Waals surface area contributed by atoms with E-state index in [1.807, 2.05) is 0 Å². The lowest BCUT2D eigenvalue weighted by molar-refractivity contribution is 0.571. The molecule has 1 aliphatic rings. The molecule has 1 N–H and O–H groups in total. The van der Waals surface area contributed by atoms with Gasteiger partial charge < -0.3 is 5.32 Å². The molecule has 2 rings (SSSR count). The Hall–Kier alpha value is -0.340. The molecule has 1 atom stereocenters. The number of hydrogen-bond donors (Lipinski definition) is 1. The quantitative estimate of drug-likeness (QED) is 0.855. The van der Waals surface area contributed by atoms with Gasteiger partial charge in [-0.2, -0.15) is 0 Å². The van der Waals surface area contributed by atoms with Gasteiger partial charge in [-0.1, -0.05) is 28.1 Å². The second-order valence-corrected chi connectivity index (χ2v) is 4.63. The van der Waals surface area contributed by atoms with Crippen LogP contribution in [-0.4, -0.2) is 6.04 Å². The first-order valence-electron chi connectivity index (χ1n) is 4.77. The van der Waals surface area contributed by atoms with E-state index >= 15 is 0 Å². The third-order valence-electron chi connectivity index (χ3n) is 2.41. The van der Waals surface area contributed by atoms with Crippen molar-refractivity contribution in [3.8, 4) is 0 Å². The van der Waals surface area contributed by atoms with E-state index in [9.17, 15) is 0 Å². The molecule has 0 saturated heterocycles. The van der Waals surface area contributed by atoms with E-state index in [1.54, 1.807) is 0 Å². The zero-order valence-electron chi connectivity index (χ0n) is 7.76. The first-order chi connectivity index (χ1) is 6.25. The van der Waals surface area contributed by atoms with Crippen LogP contribution in [0.4, 0.5) is 0 Å². The Labute approximate surface area is 87.7 Å². The molecular formula is C11H14BrN. The minimum atomic E-state index is 0.477. The topological polar surface area (TPSA) is 12.0 Å². The van der Waals surface area contributed by atoms with Crippen LogP contribution in [-0.2, 0) is 0 Å². The van der Waals surface area contributed by atoms with E-state index in [0.29, 0.717) is 6.04 Å². The SMILES string of the molecule is C[C@@H](NC1CC1)c1cccc(Br)c1. The third-order valence-corrected chi connectivity index (χ3v) is 2.90. The molecule has 1 aliphatic carbocycles. The van der Waals surface area contributed by atoms with Gasteiger partial charge >= 0.3 is 0 Å². The van der Waals surface area contributed by atoms with Crippen LogP contribution in [0.2, 0.25) is 0 Å². The first kappa shape index (κ1) is 9.22. The minimum absolute atomic E-state index is 0.477. The van der Waals surface area contributed by atoms with Crippen molar-refractivity contribution in [3.05, 3.63) is 34.3 Å². The zero-order chi connectivity index (χ0) is 9.26. The molecule has 0 aliphatic heterocycles. The Balaban J connectivity index is 2.04. The van der Waals surface area contributed by atoms with Crippen LogP contribution in [0, 0.1) is 0 Å². The average molecular weight is 240 g/mol. The van der Waals surface area contributed by atoms with Crippen molar-refractivity contribution in [2.24, 2.45) is 0 Å². The maximum atomic E-state index is 3.58. The Bertz CT molecular complexity index is 294. The van der Waals surface area contributed by atoms with Crippen LogP contribution in [0.3, 0.4) is 0 Å². The molecule has 70 valence electrons. The zero-order valence-corrected chi connectivity index (χ0v) is 9.34. The summed E-state index contributed by atoms with van der Waals surface area (Å²) in [6, 6.07) is 9.75. The van der Waals surface area contributed by atoms with Gasteiger partial charge in [0.15, 0.2) is 0 Å². The summed E-state index contributed by atoms with van der Waals surface area (Å²) < 4.78 is 1.16. The molecule has 1 saturated carbocycles. The van der Waals surface area contributed by atoms with Gasteiger partial charge in [0.2, 0.25) is 0 Å². The van der Waals surface area contributed by atoms with Crippen LogP contribution >= 0.6 is 15.9 Å². The lowest BCUT2D eigenvalue weighted by Crippen LogP contribution is -2.20.